The van der Waals surface area contributed by atoms with Crippen LogP contribution in [0.5, 0.6) is 11.5 Å². The van der Waals surface area contributed by atoms with Crippen LogP contribution in [0.15, 0.2) is 29.8 Å². The Labute approximate surface area is 145 Å². The fourth-order valence-electron chi connectivity index (χ4n) is 2.48. The van der Waals surface area contributed by atoms with E-state index >= 15 is 0 Å². The van der Waals surface area contributed by atoms with E-state index in [0.29, 0.717) is 17.7 Å². The Balaban J connectivity index is 2.21. The molecule has 0 aromatic heterocycles. The van der Waals surface area contributed by atoms with Crippen molar-refractivity contribution in [1.29, 1.82) is 0 Å². The van der Waals surface area contributed by atoms with E-state index in [2.05, 4.69) is 0 Å². The van der Waals surface area contributed by atoms with Crippen molar-refractivity contribution in [3.63, 3.8) is 0 Å². The molecule has 0 spiro atoms. The van der Waals surface area contributed by atoms with Crippen LogP contribution < -0.4 is 4.74 Å². The molecule has 5 atom stereocenters. The molecule has 0 amide bonds. The normalized spacial score (nSPS) is 30.3. The molecule has 1 aromatic rings. The Hall–Kier alpha value is -1.68. The van der Waals surface area contributed by atoms with Crippen molar-refractivity contribution >= 4 is 0 Å². The lowest BCUT2D eigenvalue weighted by atomic mass is 9.99. The summed E-state index contributed by atoms with van der Waals surface area (Å²) in [5.41, 5.74) is 1.31. The summed E-state index contributed by atoms with van der Waals surface area (Å²) in [4.78, 5) is 0. The summed E-state index contributed by atoms with van der Waals surface area (Å²) in [6.45, 7) is 1.11. The van der Waals surface area contributed by atoms with Crippen LogP contribution in [0.1, 0.15) is 12.5 Å². The Morgan fingerprint density at radius 2 is 1.88 bits per heavy atom. The van der Waals surface area contributed by atoms with Crippen LogP contribution in [0.3, 0.4) is 0 Å². The number of hydrogen-bond donors (Lipinski definition) is 6. The number of aliphatic hydroxyl groups excluding tert-OH is 5. The van der Waals surface area contributed by atoms with E-state index in [1.54, 1.807) is 13.0 Å². The molecule has 5 unspecified atom stereocenters. The van der Waals surface area contributed by atoms with Crippen LogP contribution in [-0.4, -0.2) is 74.6 Å². The van der Waals surface area contributed by atoms with E-state index in [9.17, 15) is 25.5 Å². The minimum atomic E-state index is -1.53. The molecule has 8 heteroatoms. The highest BCUT2D eigenvalue weighted by atomic mass is 16.7. The number of benzene rings is 1. The van der Waals surface area contributed by atoms with Crippen molar-refractivity contribution in [3.05, 3.63) is 35.4 Å². The standard InChI is InChI=1S/C17H24O8/c1-9(7-18)2-3-10-6-11(20)4-5-12(10)24-17-16(23)15(22)14(21)13(8-19)25-17/h2,4-6,13-23H,3,7-8H2,1H3. The molecule has 0 aliphatic carbocycles. The molecule has 8 nitrogen and oxygen atoms in total. The van der Waals surface area contributed by atoms with Gasteiger partial charge in [0, 0.05) is 5.56 Å². The van der Waals surface area contributed by atoms with Crippen LogP contribution in [0.25, 0.3) is 0 Å². The highest BCUT2D eigenvalue weighted by Crippen LogP contribution is 2.29. The van der Waals surface area contributed by atoms with E-state index in [1.807, 2.05) is 0 Å². The Morgan fingerprint density at radius 3 is 2.52 bits per heavy atom. The Bertz CT molecular complexity index is 600. The number of hydrogen-bond acceptors (Lipinski definition) is 8. The molecular formula is C17H24O8. The molecule has 1 aliphatic heterocycles. The molecule has 1 saturated heterocycles. The van der Waals surface area contributed by atoms with Crippen LogP contribution in [0, 0.1) is 0 Å². The van der Waals surface area contributed by atoms with Crippen LogP contribution in [-0.2, 0) is 11.2 Å². The van der Waals surface area contributed by atoms with Gasteiger partial charge >= 0.3 is 0 Å². The monoisotopic (exact) mass is 356 g/mol. The summed E-state index contributed by atoms with van der Waals surface area (Å²) < 4.78 is 10.9. The second-order valence-corrected chi connectivity index (χ2v) is 6.02. The Morgan fingerprint density at radius 1 is 1.16 bits per heavy atom. The summed E-state index contributed by atoms with van der Waals surface area (Å²) in [6.07, 6.45) is -4.78. The SMILES string of the molecule is CC(=CCc1cc(O)ccc1OC1OC(CO)C(O)C(O)C1O)CO. The average molecular weight is 356 g/mol. The van der Waals surface area contributed by atoms with Crippen LogP contribution in [0.2, 0.25) is 0 Å². The largest absolute Gasteiger partial charge is 0.508 e. The molecule has 0 radical (unpaired) electrons. The smallest absolute Gasteiger partial charge is 0.229 e. The number of allylic oxidation sites excluding steroid dienone is 1. The van der Waals surface area contributed by atoms with E-state index in [-0.39, 0.29) is 12.4 Å². The maximum absolute atomic E-state index is 10.0. The fraction of sp³-hybridized carbons (Fsp3) is 0.529. The van der Waals surface area contributed by atoms with Crippen LogP contribution in [0.4, 0.5) is 0 Å². The zero-order valence-corrected chi connectivity index (χ0v) is 13.8. The van der Waals surface area contributed by atoms with Crippen molar-refractivity contribution in [2.45, 2.75) is 44.1 Å². The van der Waals surface area contributed by atoms with Gasteiger partial charge in [0.25, 0.3) is 0 Å². The van der Waals surface area contributed by atoms with Gasteiger partial charge in [0.15, 0.2) is 0 Å². The summed E-state index contributed by atoms with van der Waals surface area (Å²) >= 11 is 0. The predicted molar refractivity (Wildman–Crippen MR) is 87.0 cm³/mol. The van der Waals surface area contributed by atoms with Gasteiger partial charge in [-0.25, -0.2) is 0 Å². The van der Waals surface area contributed by atoms with Gasteiger partial charge in [-0.1, -0.05) is 11.6 Å². The summed E-state index contributed by atoms with van der Waals surface area (Å²) in [6, 6.07) is 4.35. The molecule has 25 heavy (non-hydrogen) atoms. The number of rotatable bonds is 6. The molecule has 1 aromatic carbocycles. The Kier molecular flexibility index (Phi) is 6.77. The maximum atomic E-state index is 10.0. The number of ether oxygens (including phenoxy) is 2. The van der Waals surface area contributed by atoms with Crippen molar-refractivity contribution in [3.8, 4) is 11.5 Å². The first-order chi connectivity index (χ1) is 11.9. The molecule has 1 fully saturated rings. The molecule has 0 saturated carbocycles. The molecule has 2 rings (SSSR count). The van der Waals surface area contributed by atoms with Gasteiger partial charge in [0.1, 0.15) is 35.9 Å². The lowest BCUT2D eigenvalue weighted by Crippen LogP contribution is -2.60. The van der Waals surface area contributed by atoms with Crippen LogP contribution >= 0.6 is 0 Å². The van der Waals surface area contributed by atoms with E-state index < -0.39 is 37.3 Å². The van der Waals surface area contributed by atoms with E-state index in [1.165, 1.54) is 18.2 Å². The first kappa shape index (κ1) is 19.6. The van der Waals surface area contributed by atoms with Gasteiger partial charge in [-0.15, -0.1) is 0 Å². The maximum Gasteiger partial charge on any atom is 0.229 e. The lowest BCUT2D eigenvalue weighted by Gasteiger charge is -2.39. The molecule has 0 bridgehead atoms. The molecule has 1 aliphatic rings. The predicted octanol–water partition coefficient (Wildman–Crippen LogP) is -0.948. The number of aromatic hydroxyl groups is 1. The van der Waals surface area contributed by atoms with Gasteiger partial charge < -0.3 is 40.1 Å². The number of aliphatic hydroxyl groups is 5. The second-order valence-electron chi connectivity index (χ2n) is 6.02. The van der Waals surface area contributed by atoms with Crippen molar-refractivity contribution in [2.24, 2.45) is 0 Å². The zero-order valence-electron chi connectivity index (χ0n) is 13.8. The van der Waals surface area contributed by atoms with Gasteiger partial charge in [-0.3, -0.25) is 0 Å². The number of phenolic OH excluding ortho intramolecular Hbond substituents is 1. The van der Waals surface area contributed by atoms with Crippen molar-refractivity contribution in [2.75, 3.05) is 13.2 Å². The van der Waals surface area contributed by atoms with Gasteiger partial charge in [-0.2, -0.15) is 0 Å². The summed E-state index contributed by atoms with van der Waals surface area (Å²) in [7, 11) is 0. The molecule has 6 N–H and O–H groups in total. The summed E-state index contributed by atoms with van der Waals surface area (Å²) in [5.74, 6) is 0.315. The molecule has 140 valence electrons. The first-order valence-corrected chi connectivity index (χ1v) is 7.93. The third-order valence-corrected chi connectivity index (χ3v) is 4.06. The second kappa shape index (κ2) is 8.61. The number of phenols is 1. The highest BCUT2D eigenvalue weighted by Gasteiger charge is 2.44. The van der Waals surface area contributed by atoms with Crippen molar-refractivity contribution < 1.29 is 40.1 Å². The van der Waals surface area contributed by atoms with E-state index in [4.69, 9.17) is 14.6 Å². The minimum absolute atomic E-state index is 0.0196. The summed E-state index contributed by atoms with van der Waals surface area (Å²) in [5, 5.41) is 57.6. The van der Waals surface area contributed by atoms with Gasteiger partial charge in [0.2, 0.25) is 6.29 Å². The van der Waals surface area contributed by atoms with Gasteiger partial charge in [-0.05, 0) is 31.5 Å². The first-order valence-electron chi connectivity index (χ1n) is 7.93. The third-order valence-electron chi connectivity index (χ3n) is 4.06. The average Bonchev–Trinajstić information content (AvgIpc) is 2.61. The fourth-order valence-corrected chi connectivity index (χ4v) is 2.48. The van der Waals surface area contributed by atoms with Gasteiger partial charge in [0.05, 0.1) is 13.2 Å². The topological polar surface area (TPSA) is 140 Å². The molecule has 1 heterocycles. The lowest BCUT2D eigenvalue weighted by molar-refractivity contribution is -0.277. The highest BCUT2D eigenvalue weighted by molar-refractivity contribution is 5.41. The quantitative estimate of drug-likeness (QED) is 0.359. The van der Waals surface area contributed by atoms with Crippen molar-refractivity contribution in [1.82, 2.24) is 0 Å². The minimum Gasteiger partial charge on any atom is -0.508 e. The van der Waals surface area contributed by atoms with E-state index in [0.717, 1.165) is 5.57 Å². The molecular weight excluding hydrogens is 332 g/mol. The third kappa shape index (κ3) is 4.69. The zero-order chi connectivity index (χ0) is 18.6.